The summed E-state index contributed by atoms with van der Waals surface area (Å²) in [6.07, 6.45) is -5.32. The summed E-state index contributed by atoms with van der Waals surface area (Å²) in [5.41, 5.74) is 5.23. The van der Waals surface area contributed by atoms with Gasteiger partial charge in [-0.25, -0.2) is 4.39 Å². The number of hydrogen-bond acceptors (Lipinski definition) is 2. The molecule has 86 valence electrons. The number of rotatable bonds is 2. The lowest BCUT2D eigenvalue weighted by molar-refractivity contribution is -0.147. The number of halogens is 5. The number of nitrogens with zero attached hydrogens (tertiary/aromatic N) is 1. The first-order valence-corrected chi connectivity index (χ1v) is 4.07. The van der Waals surface area contributed by atoms with Gasteiger partial charge < -0.3 is 5.73 Å². The summed E-state index contributed by atoms with van der Waals surface area (Å²) in [5, 5.41) is 0. The van der Waals surface area contributed by atoms with Crippen molar-refractivity contribution in [3.8, 4) is 0 Å². The zero-order chi connectivity index (χ0) is 10.1. The van der Waals surface area contributed by atoms with Crippen LogP contribution in [0.5, 0.6) is 0 Å². The molecule has 7 heteroatoms. The van der Waals surface area contributed by atoms with Crippen LogP contribution in [0.15, 0.2) is 0 Å². The van der Waals surface area contributed by atoms with Crippen LogP contribution in [0.2, 0.25) is 0 Å². The van der Waals surface area contributed by atoms with E-state index in [9.17, 15) is 17.6 Å². The largest absolute Gasteiger partial charge is 0.401 e. The molecule has 1 rings (SSSR count). The summed E-state index contributed by atoms with van der Waals surface area (Å²) < 4.78 is 48.5. The molecular weight excluding hydrogens is 224 g/mol. The predicted octanol–water partition coefficient (Wildman–Crippen LogP) is 1.34. The van der Waals surface area contributed by atoms with Crippen LogP contribution < -0.4 is 5.73 Å². The van der Waals surface area contributed by atoms with Gasteiger partial charge in [0.1, 0.15) is 6.17 Å². The van der Waals surface area contributed by atoms with Gasteiger partial charge in [0.15, 0.2) is 0 Å². The lowest BCUT2D eigenvalue weighted by Gasteiger charge is -2.23. The smallest absolute Gasteiger partial charge is 0.329 e. The van der Waals surface area contributed by atoms with E-state index in [0.717, 1.165) is 4.90 Å². The fraction of sp³-hybridized carbons (Fsp3) is 1.00. The van der Waals surface area contributed by atoms with E-state index >= 15 is 0 Å². The minimum absolute atomic E-state index is 0. The zero-order valence-electron chi connectivity index (χ0n) is 7.43. The summed E-state index contributed by atoms with van der Waals surface area (Å²) in [7, 11) is 0. The van der Waals surface area contributed by atoms with Crippen molar-refractivity contribution in [3.63, 3.8) is 0 Å². The summed E-state index contributed by atoms with van der Waals surface area (Å²) >= 11 is 0. The van der Waals surface area contributed by atoms with Crippen molar-refractivity contribution in [1.82, 2.24) is 4.90 Å². The normalized spacial score (nSPS) is 28.9. The third-order valence-electron chi connectivity index (χ3n) is 2.13. The fourth-order valence-corrected chi connectivity index (χ4v) is 1.59. The van der Waals surface area contributed by atoms with E-state index in [4.69, 9.17) is 5.73 Å². The molecule has 0 aromatic heterocycles. The molecule has 1 fully saturated rings. The van der Waals surface area contributed by atoms with Crippen LogP contribution >= 0.6 is 12.4 Å². The first kappa shape index (κ1) is 13.9. The molecule has 0 aromatic rings. The van der Waals surface area contributed by atoms with Gasteiger partial charge in [-0.05, 0) is 6.42 Å². The number of alkyl halides is 4. The van der Waals surface area contributed by atoms with Crippen molar-refractivity contribution in [2.45, 2.75) is 24.8 Å². The minimum Gasteiger partial charge on any atom is -0.329 e. The molecule has 2 N–H and O–H groups in total. The third-order valence-corrected chi connectivity index (χ3v) is 2.13. The monoisotopic (exact) mass is 236 g/mol. The highest BCUT2D eigenvalue weighted by Gasteiger charge is 2.38. The van der Waals surface area contributed by atoms with Gasteiger partial charge in [-0.15, -0.1) is 12.4 Å². The maximum atomic E-state index is 12.7. The molecule has 0 saturated carbocycles. The Bertz CT molecular complexity index is 176. The zero-order valence-corrected chi connectivity index (χ0v) is 8.24. The second kappa shape index (κ2) is 5.14. The number of likely N-dealkylation sites (tertiary alicyclic amines) is 1. The number of nitrogens with two attached hydrogens (primary N) is 1. The predicted molar refractivity (Wildman–Crippen MR) is 47.2 cm³/mol. The van der Waals surface area contributed by atoms with Gasteiger partial charge in [0.05, 0.1) is 6.54 Å². The van der Waals surface area contributed by atoms with Crippen LogP contribution in [-0.2, 0) is 0 Å². The van der Waals surface area contributed by atoms with Crippen molar-refractivity contribution < 1.29 is 17.6 Å². The molecule has 1 saturated heterocycles. The van der Waals surface area contributed by atoms with Crippen molar-refractivity contribution in [3.05, 3.63) is 0 Å². The molecule has 1 heterocycles. The van der Waals surface area contributed by atoms with Crippen LogP contribution in [0.25, 0.3) is 0 Å². The maximum absolute atomic E-state index is 12.7. The Kier molecular flexibility index (Phi) is 5.11. The molecule has 0 radical (unpaired) electrons. The Labute approximate surface area is 85.8 Å². The van der Waals surface area contributed by atoms with Gasteiger partial charge in [0.2, 0.25) is 0 Å². The van der Waals surface area contributed by atoms with E-state index in [0.29, 0.717) is 0 Å². The molecule has 0 aromatic carbocycles. The van der Waals surface area contributed by atoms with Crippen molar-refractivity contribution in [2.75, 3.05) is 19.6 Å². The van der Waals surface area contributed by atoms with Crippen molar-refractivity contribution in [2.24, 2.45) is 5.73 Å². The van der Waals surface area contributed by atoms with Gasteiger partial charge in [0, 0.05) is 19.1 Å². The second-order valence-corrected chi connectivity index (χ2v) is 3.27. The lowest BCUT2D eigenvalue weighted by Crippen LogP contribution is -2.41. The summed E-state index contributed by atoms with van der Waals surface area (Å²) in [4.78, 5) is 1.06. The molecule has 1 aliphatic heterocycles. The second-order valence-electron chi connectivity index (χ2n) is 3.27. The number of hydrogen-bond donors (Lipinski definition) is 1. The standard InChI is InChI=1S/C7H12F4N2.ClH/c8-5-1-6(2-12)13(3-5)4-7(9,10)11;/h5-6H,1-4,12H2;1H/t5-,6-;/m0./s1. The Morgan fingerprint density at radius 3 is 2.36 bits per heavy atom. The van der Waals surface area contributed by atoms with Gasteiger partial charge in [-0.2, -0.15) is 13.2 Å². The lowest BCUT2D eigenvalue weighted by atomic mass is 10.2. The molecule has 1 aliphatic rings. The van der Waals surface area contributed by atoms with E-state index < -0.39 is 24.9 Å². The molecule has 14 heavy (non-hydrogen) atoms. The fourth-order valence-electron chi connectivity index (χ4n) is 1.59. The van der Waals surface area contributed by atoms with Crippen LogP contribution in [0, 0.1) is 0 Å². The van der Waals surface area contributed by atoms with Crippen LogP contribution in [0.1, 0.15) is 6.42 Å². The van der Waals surface area contributed by atoms with Crippen LogP contribution in [0.4, 0.5) is 17.6 Å². The van der Waals surface area contributed by atoms with Crippen LogP contribution in [0.3, 0.4) is 0 Å². The Morgan fingerprint density at radius 2 is 1.93 bits per heavy atom. The molecule has 0 amide bonds. The highest BCUT2D eigenvalue weighted by molar-refractivity contribution is 5.85. The summed E-state index contributed by atoms with van der Waals surface area (Å²) in [6.45, 7) is -1.13. The quantitative estimate of drug-likeness (QED) is 0.734. The Balaban J connectivity index is 0.00000169. The highest BCUT2D eigenvalue weighted by atomic mass is 35.5. The van der Waals surface area contributed by atoms with E-state index in [1.807, 2.05) is 0 Å². The first-order chi connectivity index (χ1) is 5.92. The van der Waals surface area contributed by atoms with E-state index in [1.165, 1.54) is 0 Å². The summed E-state index contributed by atoms with van der Waals surface area (Å²) in [5.74, 6) is 0. The first-order valence-electron chi connectivity index (χ1n) is 4.07. The van der Waals surface area contributed by atoms with Gasteiger partial charge in [0.25, 0.3) is 0 Å². The molecule has 2 nitrogen and oxygen atoms in total. The Hall–Kier alpha value is -0.0700. The van der Waals surface area contributed by atoms with Crippen LogP contribution in [-0.4, -0.2) is 42.9 Å². The van der Waals surface area contributed by atoms with Gasteiger partial charge >= 0.3 is 6.18 Å². The van der Waals surface area contributed by atoms with Crippen molar-refractivity contribution in [1.29, 1.82) is 0 Å². The molecule has 0 bridgehead atoms. The molecular formula is C7H13ClF4N2. The van der Waals surface area contributed by atoms with E-state index in [-0.39, 0.29) is 31.9 Å². The van der Waals surface area contributed by atoms with Gasteiger partial charge in [-0.1, -0.05) is 0 Å². The SMILES string of the molecule is Cl.NC[C@@H]1C[C@H](F)CN1CC(F)(F)F. The van der Waals surface area contributed by atoms with E-state index in [2.05, 4.69) is 0 Å². The average Bonchev–Trinajstić information content (AvgIpc) is 2.27. The highest BCUT2D eigenvalue weighted by Crippen LogP contribution is 2.24. The van der Waals surface area contributed by atoms with E-state index in [1.54, 1.807) is 0 Å². The minimum atomic E-state index is -4.27. The average molecular weight is 237 g/mol. The molecule has 0 aliphatic carbocycles. The molecule has 0 spiro atoms. The third kappa shape index (κ3) is 3.98. The Morgan fingerprint density at radius 1 is 1.36 bits per heavy atom. The van der Waals surface area contributed by atoms with Crippen molar-refractivity contribution >= 4 is 12.4 Å². The molecule has 2 atom stereocenters. The topological polar surface area (TPSA) is 29.3 Å². The van der Waals surface area contributed by atoms with Gasteiger partial charge in [-0.3, -0.25) is 4.90 Å². The summed E-state index contributed by atoms with van der Waals surface area (Å²) in [6, 6.07) is -0.461. The maximum Gasteiger partial charge on any atom is 0.401 e. The molecule has 0 unspecified atom stereocenters.